The third kappa shape index (κ3) is 6.25. The Morgan fingerprint density at radius 3 is 2.58 bits per heavy atom. The van der Waals surface area contributed by atoms with E-state index >= 15 is 0 Å². The number of likely N-dealkylation sites (tertiary alicyclic amines) is 1. The van der Waals surface area contributed by atoms with Gasteiger partial charge in [0.25, 0.3) is 0 Å². The number of hydrogen-bond donors (Lipinski definition) is 3. The van der Waals surface area contributed by atoms with E-state index in [-0.39, 0.29) is 17.6 Å². The summed E-state index contributed by atoms with van der Waals surface area (Å²) in [5.74, 6) is 0.261. The van der Waals surface area contributed by atoms with Crippen molar-refractivity contribution in [3.63, 3.8) is 0 Å². The Hall–Kier alpha value is -5.16. The third-order valence-corrected chi connectivity index (χ3v) is 9.60. The number of aromatic nitrogens is 6. The van der Waals surface area contributed by atoms with Gasteiger partial charge in [0, 0.05) is 64.6 Å². The van der Waals surface area contributed by atoms with Crippen molar-refractivity contribution in [2.24, 2.45) is 5.92 Å². The van der Waals surface area contributed by atoms with E-state index in [2.05, 4.69) is 40.3 Å². The molecule has 0 bridgehead atoms. The van der Waals surface area contributed by atoms with Gasteiger partial charge < -0.3 is 15.0 Å². The first-order valence-corrected chi connectivity index (χ1v) is 16.8. The molecule has 1 saturated carbocycles. The first-order valence-electron chi connectivity index (χ1n) is 16.8. The maximum atomic E-state index is 14.8. The molecule has 11 heteroatoms. The molecule has 1 aliphatic carbocycles. The van der Waals surface area contributed by atoms with Crippen LogP contribution in [0.2, 0.25) is 0 Å². The zero-order valence-corrected chi connectivity index (χ0v) is 26.6. The number of hydrogen-bond acceptors (Lipinski definition) is 7. The first-order chi connectivity index (χ1) is 23.6. The summed E-state index contributed by atoms with van der Waals surface area (Å²) in [6.45, 7) is 3.53. The van der Waals surface area contributed by atoms with E-state index in [0.717, 1.165) is 89.7 Å². The molecule has 48 heavy (non-hydrogen) atoms. The minimum Gasteiger partial charge on any atom is -0.492 e. The normalized spacial score (nSPS) is 15.8. The van der Waals surface area contributed by atoms with E-state index in [1.54, 1.807) is 31.0 Å². The van der Waals surface area contributed by atoms with Crippen LogP contribution in [0.4, 0.5) is 10.1 Å². The van der Waals surface area contributed by atoms with Crippen LogP contribution in [0.25, 0.3) is 55.6 Å². The second-order valence-electron chi connectivity index (χ2n) is 12.9. The molecule has 5 aromatic heterocycles. The molecule has 1 aliphatic heterocycles. The topological polar surface area (TPSA) is 125 Å². The van der Waals surface area contributed by atoms with Gasteiger partial charge in [0.15, 0.2) is 5.65 Å². The van der Waals surface area contributed by atoms with E-state index in [9.17, 15) is 9.18 Å². The number of rotatable bonds is 9. The molecule has 0 radical (unpaired) electrons. The van der Waals surface area contributed by atoms with Gasteiger partial charge in [-0.2, -0.15) is 5.10 Å². The summed E-state index contributed by atoms with van der Waals surface area (Å²) in [6, 6.07) is 10.8. The molecule has 0 spiro atoms. The van der Waals surface area contributed by atoms with Gasteiger partial charge in [0.05, 0.1) is 35.0 Å². The zero-order valence-electron chi connectivity index (χ0n) is 26.6. The SMILES string of the molecule is O=C(Nc1cncc(-c2cnc3n[nH]c(-c4cc5c(-c6cc(F)cc(OCCN7CCCC7)c6)cncc5[nH]4)c3c2)c1)C1CCCCC1. The Labute approximate surface area is 277 Å². The Kier molecular flexibility index (Phi) is 8.27. The largest absolute Gasteiger partial charge is 0.492 e. The number of pyridine rings is 3. The number of aromatic amines is 2. The minimum absolute atomic E-state index is 0.0573. The molecule has 1 amide bonds. The lowest BCUT2D eigenvalue weighted by Gasteiger charge is -2.20. The second kappa shape index (κ2) is 13.2. The van der Waals surface area contributed by atoms with Crippen LogP contribution in [0.3, 0.4) is 0 Å². The number of nitrogens with one attached hydrogen (secondary N) is 3. The van der Waals surface area contributed by atoms with Crippen molar-refractivity contribution in [1.29, 1.82) is 0 Å². The predicted octanol–water partition coefficient (Wildman–Crippen LogP) is 7.36. The van der Waals surface area contributed by atoms with Crippen LogP contribution in [-0.4, -0.2) is 67.2 Å². The molecule has 0 atom stereocenters. The maximum Gasteiger partial charge on any atom is 0.227 e. The quantitative estimate of drug-likeness (QED) is 0.150. The summed E-state index contributed by atoms with van der Waals surface area (Å²) in [5, 5.41) is 12.4. The highest BCUT2D eigenvalue weighted by Gasteiger charge is 2.22. The van der Waals surface area contributed by atoms with E-state index in [1.807, 2.05) is 24.3 Å². The Balaban J connectivity index is 1.07. The van der Waals surface area contributed by atoms with Crippen molar-refractivity contribution >= 4 is 33.5 Å². The Morgan fingerprint density at radius 2 is 1.71 bits per heavy atom. The van der Waals surface area contributed by atoms with E-state index in [4.69, 9.17) is 4.74 Å². The monoisotopic (exact) mass is 644 g/mol. The molecule has 1 aromatic carbocycles. The van der Waals surface area contributed by atoms with Crippen molar-refractivity contribution in [3.05, 3.63) is 73.2 Å². The van der Waals surface area contributed by atoms with Gasteiger partial charge in [-0.1, -0.05) is 19.3 Å². The van der Waals surface area contributed by atoms with Crippen LogP contribution < -0.4 is 10.1 Å². The summed E-state index contributed by atoms with van der Waals surface area (Å²) < 4.78 is 20.8. The van der Waals surface area contributed by atoms with Gasteiger partial charge in [-0.25, -0.2) is 9.37 Å². The lowest BCUT2D eigenvalue weighted by atomic mass is 9.88. The second-order valence-corrected chi connectivity index (χ2v) is 12.9. The molecule has 0 unspecified atom stereocenters. The standard InChI is InChI=1S/C37H37FN8O2/c38-27-12-24(14-29(16-27)48-11-10-46-8-4-5-9-46)32-21-40-22-34-30(32)17-33(43-34)35-31-15-26(19-41-36(31)45-44-35)25-13-28(20-39-18-25)42-37(47)23-6-2-1-3-7-23/h12-23,43H,1-11H2,(H,42,47)(H,41,44,45). The number of amides is 1. The molecule has 2 fully saturated rings. The number of H-pyrrole nitrogens is 2. The molecule has 3 N–H and O–H groups in total. The molecule has 244 valence electrons. The van der Waals surface area contributed by atoms with Gasteiger partial charge in [-0.3, -0.25) is 24.8 Å². The number of fused-ring (bicyclic) bond motifs is 2. The van der Waals surface area contributed by atoms with Crippen LogP contribution in [0.5, 0.6) is 5.75 Å². The summed E-state index contributed by atoms with van der Waals surface area (Å²) in [6.07, 6.45) is 16.4. The smallest absolute Gasteiger partial charge is 0.227 e. The third-order valence-electron chi connectivity index (χ3n) is 9.60. The van der Waals surface area contributed by atoms with Gasteiger partial charge >= 0.3 is 0 Å². The van der Waals surface area contributed by atoms with Crippen molar-refractivity contribution in [2.45, 2.75) is 44.9 Å². The van der Waals surface area contributed by atoms with Gasteiger partial charge in [0.2, 0.25) is 5.91 Å². The number of anilines is 1. The fraction of sp³-hybridized carbons (Fsp3) is 0.324. The Morgan fingerprint density at radius 1 is 0.875 bits per heavy atom. The van der Waals surface area contributed by atoms with Gasteiger partial charge in [-0.05, 0) is 74.7 Å². The fourth-order valence-corrected chi connectivity index (χ4v) is 7.05. The number of benzene rings is 1. The minimum atomic E-state index is -0.360. The van der Waals surface area contributed by atoms with E-state index in [0.29, 0.717) is 29.3 Å². The zero-order chi connectivity index (χ0) is 32.5. The molecule has 2 aliphatic rings. The number of nitrogens with zero attached hydrogens (tertiary/aromatic N) is 5. The molecule has 8 rings (SSSR count). The van der Waals surface area contributed by atoms with Crippen LogP contribution in [0.15, 0.2) is 67.4 Å². The average molecular weight is 645 g/mol. The first kappa shape index (κ1) is 30.2. The van der Waals surface area contributed by atoms with Crippen LogP contribution in [-0.2, 0) is 4.79 Å². The lowest BCUT2D eigenvalue weighted by molar-refractivity contribution is -0.120. The summed E-state index contributed by atoms with van der Waals surface area (Å²) in [4.78, 5) is 32.2. The summed E-state index contributed by atoms with van der Waals surface area (Å²) in [7, 11) is 0. The molecular weight excluding hydrogens is 607 g/mol. The van der Waals surface area contributed by atoms with Gasteiger partial charge in [0.1, 0.15) is 18.2 Å². The van der Waals surface area contributed by atoms with E-state index < -0.39 is 0 Å². The van der Waals surface area contributed by atoms with Gasteiger partial charge in [-0.15, -0.1) is 0 Å². The van der Waals surface area contributed by atoms with Crippen LogP contribution >= 0.6 is 0 Å². The Bertz CT molecular complexity index is 2090. The highest BCUT2D eigenvalue weighted by molar-refractivity contribution is 6.01. The number of halogens is 1. The molecule has 6 aromatic rings. The number of ether oxygens (including phenoxy) is 1. The molecule has 6 heterocycles. The average Bonchev–Trinajstić information content (AvgIpc) is 3.88. The van der Waals surface area contributed by atoms with Crippen LogP contribution in [0, 0.1) is 11.7 Å². The molecular formula is C37H37FN8O2. The molecule has 1 saturated heterocycles. The number of carbonyl (C=O) groups is 1. The van der Waals surface area contributed by atoms with Crippen molar-refractivity contribution in [3.8, 4) is 39.4 Å². The summed E-state index contributed by atoms with van der Waals surface area (Å²) in [5.41, 5.74) is 6.78. The van der Waals surface area contributed by atoms with Crippen LogP contribution in [0.1, 0.15) is 44.9 Å². The molecule has 10 nitrogen and oxygen atoms in total. The fourth-order valence-electron chi connectivity index (χ4n) is 7.05. The highest BCUT2D eigenvalue weighted by atomic mass is 19.1. The van der Waals surface area contributed by atoms with Crippen molar-refractivity contribution < 1.29 is 13.9 Å². The maximum absolute atomic E-state index is 14.8. The highest BCUT2D eigenvalue weighted by Crippen LogP contribution is 2.36. The van der Waals surface area contributed by atoms with Crippen molar-refractivity contribution in [1.82, 2.24) is 35.0 Å². The number of carbonyl (C=O) groups excluding carboxylic acids is 1. The lowest BCUT2D eigenvalue weighted by Crippen LogP contribution is -2.25. The predicted molar refractivity (Wildman–Crippen MR) is 184 cm³/mol. The van der Waals surface area contributed by atoms with Crippen molar-refractivity contribution in [2.75, 3.05) is 31.6 Å². The van der Waals surface area contributed by atoms with E-state index in [1.165, 1.54) is 31.4 Å². The summed E-state index contributed by atoms with van der Waals surface area (Å²) >= 11 is 0.